The Bertz CT molecular complexity index is 537. The third kappa shape index (κ3) is 2.72. The first-order valence-corrected chi connectivity index (χ1v) is 7.40. The van der Waals surface area contributed by atoms with Crippen molar-refractivity contribution >= 4 is 11.6 Å². The zero-order chi connectivity index (χ0) is 14.6. The molecule has 0 aliphatic carbocycles. The molecule has 2 nitrogen and oxygen atoms in total. The number of pyridine rings is 1. The fraction of sp³-hybridized carbons (Fsp3) is 0.353. The van der Waals surface area contributed by atoms with Crippen LogP contribution in [0, 0.1) is 5.92 Å². The molecule has 1 heterocycles. The number of hydrogen-bond donors (Lipinski definition) is 1. The van der Waals surface area contributed by atoms with Crippen LogP contribution in [0.5, 0.6) is 0 Å². The van der Waals surface area contributed by atoms with E-state index >= 15 is 0 Å². The number of halogens is 1. The zero-order valence-electron chi connectivity index (χ0n) is 11.9. The number of aliphatic hydroxyl groups is 1. The van der Waals surface area contributed by atoms with Crippen molar-refractivity contribution in [3.8, 4) is 0 Å². The van der Waals surface area contributed by atoms with Crippen molar-refractivity contribution in [1.29, 1.82) is 0 Å². The van der Waals surface area contributed by atoms with Gasteiger partial charge in [-0.05, 0) is 48.6 Å². The van der Waals surface area contributed by atoms with Crippen LogP contribution >= 0.6 is 11.6 Å². The molecule has 1 aromatic carbocycles. The molecule has 0 amide bonds. The maximum Gasteiger partial charge on any atom is 0.134 e. The minimum absolute atomic E-state index is 0.110. The summed E-state index contributed by atoms with van der Waals surface area (Å²) in [6.07, 6.45) is 3.48. The van der Waals surface area contributed by atoms with E-state index in [0.717, 1.165) is 18.4 Å². The van der Waals surface area contributed by atoms with Gasteiger partial charge in [0.15, 0.2) is 0 Å². The largest absolute Gasteiger partial charge is 0.378 e. The number of nitrogens with zero attached hydrogens (tertiary/aromatic N) is 1. The van der Waals surface area contributed by atoms with E-state index in [1.54, 1.807) is 6.20 Å². The minimum Gasteiger partial charge on any atom is -0.378 e. The third-order valence-corrected chi connectivity index (χ3v) is 4.17. The highest BCUT2D eigenvalue weighted by atomic mass is 35.5. The average molecular weight is 290 g/mol. The summed E-state index contributed by atoms with van der Waals surface area (Å²) in [6.45, 7) is 4.19. The van der Waals surface area contributed by atoms with Crippen molar-refractivity contribution in [2.24, 2.45) is 5.92 Å². The number of aromatic nitrogens is 1. The predicted molar refractivity (Wildman–Crippen MR) is 82.8 cm³/mol. The fourth-order valence-electron chi connectivity index (χ4n) is 2.76. The van der Waals surface area contributed by atoms with Crippen LogP contribution in [0.4, 0.5) is 0 Å². The zero-order valence-corrected chi connectivity index (χ0v) is 12.6. The Kier molecular flexibility index (Phi) is 4.79. The van der Waals surface area contributed by atoms with Gasteiger partial charge in [-0.15, -0.1) is 0 Å². The first kappa shape index (κ1) is 15.0. The van der Waals surface area contributed by atoms with E-state index in [1.807, 2.05) is 42.5 Å². The molecular formula is C17H20ClNO. The van der Waals surface area contributed by atoms with Gasteiger partial charge in [0.05, 0.1) is 5.69 Å². The van der Waals surface area contributed by atoms with E-state index in [4.69, 9.17) is 11.6 Å². The smallest absolute Gasteiger partial charge is 0.134 e. The minimum atomic E-state index is -1.07. The van der Waals surface area contributed by atoms with Crippen LogP contribution in [0.3, 0.4) is 0 Å². The number of rotatable bonds is 5. The van der Waals surface area contributed by atoms with E-state index in [0.29, 0.717) is 10.7 Å². The first-order chi connectivity index (χ1) is 9.62. The van der Waals surface area contributed by atoms with Crippen LogP contribution < -0.4 is 0 Å². The van der Waals surface area contributed by atoms with E-state index in [9.17, 15) is 5.11 Å². The van der Waals surface area contributed by atoms with Crippen LogP contribution in [-0.4, -0.2) is 10.1 Å². The van der Waals surface area contributed by atoms with Gasteiger partial charge in [0.25, 0.3) is 0 Å². The summed E-state index contributed by atoms with van der Waals surface area (Å²) in [7, 11) is 0. The van der Waals surface area contributed by atoms with E-state index in [-0.39, 0.29) is 5.92 Å². The Balaban J connectivity index is 2.57. The molecule has 3 heteroatoms. The summed E-state index contributed by atoms with van der Waals surface area (Å²) >= 11 is 5.96. The van der Waals surface area contributed by atoms with Crippen molar-refractivity contribution < 1.29 is 5.11 Å². The SMILES string of the molecule is CCC(CC)C(O)(c1ccc(Cl)cc1)c1ccccn1. The summed E-state index contributed by atoms with van der Waals surface area (Å²) < 4.78 is 0. The highest BCUT2D eigenvalue weighted by Crippen LogP contribution is 2.39. The molecule has 0 aliphatic rings. The van der Waals surface area contributed by atoms with E-state index in [2.05, 4.69) is 18.8 Å². The maximum absolute atomic E-state index is 11.4. The first-order valence-electron chi connectivity index (χ1n) is 7.02. The second kappa shape index (κ2) is 6.38. The van der Waals surface area contributed by atoms with Crippen molar-refractivity contribution in [3.63, 3.8) is 0 Å². The van der Waals surface area contributed by atoms with Gasteiger partial charge in [-0.3, -0.25) is 4.98 Å². The normalized spacial score (nSPS) is 14.2. The molecule has 0 saturated heterocycles. The quantitative estimate of drug-likeness (QED) is 0.884. The van der Waals surface area contributed by atoms with Crippen molar-refractivity contribution in [2.45, 2.75) is 32.3 Å². The number of hydrogen-bond acceptors (Lipinski definition) is 2. The predicted octanol–water partition coefficient (Wildman–Crippen LogP) is 4.41. The lowest BCUT2D eigenvalue weighted by Gasteiger charge is -2.35. The van der Waals surface area contributed by atoms with Gasteiger partial charge in [-0.1, -0.05) is 43.6 Å². The molecule has 0 bridgehead atoms. The van der Waals surface area contributed by atoms with Gasteiger partial charge in [0, 0.05) is 11.2 Å². The third-order valence-electron chi connectivity index (χ3n) is 3.92. The second-order valence-corrected chi connectivity index (χ2v) is 5.44. The van der Waals surface area contributed by atoms with Gasteiger partial charge < -0.3 is 5.11 Å². The molecule has 0 spiro atoms. The highest BCUT2D eigenvalue weighted by molar-refractivity contribution is 6.30. The molecule has 20 heavy (non-hydrogen) atoms. The molecule has 1 aromatic heterocycles. The summed E-state index contributed by atoms with van der Waals surface area (Å²) in [5.74, 6) is 0.110. The standard InChI is InChI=1S/C17H20ClNO/c1-3-13(4-2)17(20,16-7-5-6-12-19-16)14-8-10-15(18)11-9-14/h5-13,20H,3-4H2,1-2H3. The fourth-order valence-corrected chi connectivity index (χ4v) is 2.89. The van der Waals surface area contributed by atoms with Gasteiger partial charge in [-0.25, -0.2) is 0 Å². The molecule has 0 radical (unpaired) electrons. The lowest BCUT2D eigenvalue weighted by atomic mass is 9.76. The molecule has 0 saturated carbocycles. The van der Waals surface area contributed by atoms with Gasteiger partial charge in [-0.2, -0.15) is 0 Å². The molecule has 1 N–H and O–H groups in total. The van der Waals surface area contributed by atoms with Gasteiger partial charge >= 0.3 is 0 Å². The Hall–Kier alpha value is -1.38. The van der Waals surface area contributed by atoms with Gasteiger partial charge in [0.1, 0.15) is 5.60 Å². The Labute approximate surface area is 125 Å². The van der Waals surface area contributed by atoms with Crippen molar-refractivity contribution in [2.75, 3.05) is 0 Å². The Morgan fingerprint density at radius 2 is 1.75 bits per heavy atom. The monoisotopic (exact) mass is 289 g/mol. The molecule has 0 aliphatic heterocycles. The van der Waals surface area contributed by atoms with Crippen LogP contribution in [0.25, 0.3) is 0 Å². The lowest BCUT2D eigenvalue weighted by Crippen LogP contribution is -2.36. The molecule has 0 fully saturated rings. The van der Waals surface area contributed by atoms with Crippen LogP contribution in [-0.2, 0) is 5.60 Å². The lowest BCUT2D eigenvalue weighted by molar-refractivity contribution is 0.00832. The molecule has 1 unspecified atom stereocenters. The summed E-state index contributed by atoms with van der Waals surface area (Å²) in [4.78, 5) is 4.38. The molecule has 1 atom stereocenters. The number of benzene rings is 1. The maximum atomic E-state index is 11.4. The highest BCUT2D eigenvalue weighted by Gasteiger charge is 2.39. The Morgan fingerprint density at radius 3 is 2.25 bits per heavy atom. The van der Waals surface area contributed by atoms with Crippen molar-refractivity contribution in [1.82, 2.24) is 4.98 Å². The molecule has 2 aromatic rings. The summed E-state index contributed by atoms with van der Waals surface area (Å²) in [6, 6.07) is 13.0. The van der Waals surface area contributed by atoms with E-state index < -0.39 is 5.60 Å². The van der Waals surface area contributed by atoms with Crippen LogP contribution in [0.2, 0.25) is 5.02 Å². The summed E-state index contributed by atoms with van der Waals surface area (Å²) in [5, 5.41) is 12.1. The second-order valence-electron chi connectivity index (χ2n) is 5.00. The summed E-state index contributed by atoms with van der Waals surface area (Å²) in [5.41, 5.74) is 0.459. The Morgan fingerprint density at radius 1 is 1.10 bits per heavy atom. The van der Waals surface area contributed by atoms with Crippen LogP contribution in [0.15, 0.2) is 48.7 Å². The molecular weight excluding hydrogens is 270 g/mol. The average Bonchev–Trinajstić information content (AvgIpc) is 2.49. The molecule has 2 rings (SSSR count). The van der Waals surface area contributed by atoms with E-state index in [1.165, 1.54) is 0 Å². The molecule has 106 valence electrons. The van der Waals surface area contributed by atoms with Crippen LogP contribution in [0.1, 0.15) is 37.9 Å². The topological polar surface area (TPSA) is 33.1 Å². The van der Waals surface area contributed by atoms with Gasteiger partial charge in [0.2, 0.25) is 0 Å². The van der Waals surface area contributed by atoms with Crippen molar-refractivity contribution in [3.05, 3.63) is 64.9 Å².